The number of amidine groups is 1. The van der Waals surface area contributed by atoms with Gasteiger partial charge in [0.15, 0.2) is 0 Å². The lowest BCUT2D eigenvalue weighted by Crippen LogP contribution is -2.25. The Kier molecular flexibility index (Phi) is 5.63. The molecule has 138 valence electrons. The molecule has 2 unspecified atom stereocenters. The van der Waals surface area contributed by atoms with Crippen molar-refractivity contribution in [3.05, 3.63) is 48.0 Å². The molecule has 0 spiro atoms. The number of nitrogen functional groups attached to an aromatic ring is 1. The molecule has 0 heterocycles. The average molecular weight is 355 g/mol. The summed E-state index contributed by atoms with van der Waals surface area (Å²) in [6, 6.07) is 13.0. The molecule has 1 aliphatic carbocycles. The zero-order valence-corrected chi connectivity index (χ0v) is 14.9. The second kappa shape index (κ2) is 8.10. The fourth-order valence-electron chi connectivity index (χ4n) is 3.06. The summed E-state index contributed by atoms with van der Waals surface area (Å²) < 4.78 is 11.7. The number of hydrogen-bond acceptors (Lipinski definition) is 5. The van der Waals surface area contributed by atoms with Crippen molar-refractivity contribution in [1.82, 2.24) is 0 Å². The lowest BCUT2D eigenvalue weighted by molar-refractivity contribution is 0.0602. The fraction of sp³-hybridized carbons (Fsp3) is 0.350. The molecule has 0 aromatic heterocycles. The fourth-order valence-corrected chi connectivity index (χ4v) is 3.06. The van der Waals surface area contributed by atoms with Crippen LogP contribution in [-0.2, 0) is 0 Å². The van der Waals surface area contributed by atoms with Crippen LogP contribution in [0.2, 0.25) is 0 Å². The molecule has 0 radical (unpaired) electrons. The van der Waals surface area contributed by atoms with E-state index >= 15 is 0 Å². The third-order valence-electron chi connectivity index (χ3n) is 4.43. The molecule has 2 aromatic rings. The molecular formula is C20H25N3O3. The second-order valence-corrected chi connectivity index (χ2v) is 6.36. The summed E-state index contributed by atoms with van der Waals surface area (Å²) >= 11 is 0. The molecule has 0 bridgehead atoms. The summed E-state index contributed by atoms with van der Waals surface area (Å²) in [6.07, 6.45) is 2.09. The molecule has 3 rings (SSSR count). The first-order chi connectivity index (χ1) is 12.6. The van der Waals surface area contributed by atoms with E-state index in [1.54, 1.807) is 12.1 Å². The summed E-state index contributed by atoms with van der Waals surface area (Å²) in [5.74, 6) is 1.42. The van der Waals surface area contributed by atoms with Gasteiger partial charge in [-0.05, 0) is 62.6 Å². The molecule has 2 aromatic carbocycles. The number of nitrogens with one attached hydrogen (secondary N) is 2. The molecule has 2 atom stereocenters. The smallest absolute Gasteiger partial charge is 0.146 e. The summed E-state index contributed by atoms with van der Waals surface area (Å²) in [7, 11) is 0. The Bertz CT molecular complexity index is 761. The molecule has 26 heavy (non-hydrogen) atoms. The maximum atomic E-state index is 9.94. The molecular weight excluding hydrogens is 330 g/mol. The van der Waals surface area contributed by atoms with Crippen molar-refractivity contribution in [2.75, 3.05) is 11.9 Å². The topological polar surface area (TPSA) is 101 Å². The third kappa shape index (κ3) is 4.26. The van der Waals surface area contributed by atoms with Crippen molar-refractivity contribution in [2.24, 2.45) is 5.73 Å². The van der Waals surface area contributed by atoms with Crippen LogP contribution in [0.1, 0.15) is 31.7 Å². The van der Waals surface area contributed by atoms with E-state index in [1.807, 2.05) is 37.3 Å². The van der Waals surface area contributed by atoms with E-state index in [2.05, 4.69) is 5.32 Å². The van der Waals surface area contributed by atoms with Crippen LogP contribution in [0.4, 0.5) is 11.4 Å². The van der Waals surface area contributed by atoms with Gasteiger partial charge in [-0.2, -0.15) is 0 Å². The monoisotopic (exact) mass is 355 g/mol. The van der Waals surface area contributed by atoms with Crippen LogP contribution in [0.15, 0.2) is 42.5 Å². The molecule has 1 aliphatic rings. The lowest BCUT2D eigenvalue weighted by Gasteiger charge is -2.19. The molecule has 0 aliphatic heterocycles. The van der Waals surface area contributed by atoms with Gasteiger partial charge in [0, 0.05) is 17.3 Å². The molecule has 1 fully saturated rings. The van der Waals surface area contributed by atoms with Crippen LogP contribution < -0.4 is 20.5 Å². The van der Waals surface area contributed by atoms with Crippen LogP contribution in [-0.4, -0.2) is 29.8 Å². The number of anilines is 2. The summed E-state index contributed by atoms with van der Waals surface area (Å²) in [5, 5.41) is 20.7. The lowest BCUT2D eigenvalue weighted by atomic mass is 10.2. The molecule has 1 saturated carbocycles. The molecule has 0 amide bonds. The number of aliphatic hydroxyl groups excluding tert-OH is 1. The Labute approximate surface area is 153 Å². The number of aliphatic hydroxyl groups is 1. The van der Waals surface area contributed by atoms with Crippen molar-refractivity contribution < 1.29 is 14.6 Å². The quantitative estimate of drug-likeness (QED) is 0.450. The summed E-state index contributed by atoms with van der Waals surface area (Å²) in [5.41, 5.74) is 7.86. The van der Waals surface area contributed by atoms with Crippen molar-refractivity contribution in [3.63, 3.8) is 0 Å². The molecule has 6 heteroatoms. The number of nitrogens with two attached hydrogens (primary N) is 1. The number of ether oxygens (including phenoxy) is 2. The van der Waals surface area contributed by atoms with Crippen molar-refractivity contribution in [2.45, 2.75) is 38.4 Å². The predicted octanol–water partition coefficient (Wildman–Crippen LogP) is 3.41. The minimum atomic E-state index is -0.400. The van der Waals surface area contributed by atoms with E-state index < -0.39 is 6.10 Å². The van der Waals surface area contributed by atoms with Gasteiger partial charge in [-0.25, -0.2) is 0 Å². The van der Waals surface area contributed by atoms with E-state index in [0.29, 0.717) is 23.7 Å². The number of benzene rings is 2. The zero-order valence-electron chi connectivity index (χ0n) is 14.9. The predicted molar refractivity (Wildman–Crippen MR) is 103 cm³/mol. The first kappa shape index (κ1) is 18.1. The van der Waals surface area contributed by atoms with Crippen LogP contribution in [0, 0.1) is 5.41 Å². The Balaban J connectivity index is 1.76. The number of rotatable bonds is 7. The van der Waals surface area contributed by atoms with E-state index in [-0.39, 0.29) is 11.9 Å². The highest BCUT2D eigenvalue weighted by molar-refractivity contribution is 5.95. The maximum Gasteiger partial charge on any atom is 0.146 e. The molecule has 5 N–H and O–H groups in total. The Morgan fingerprint density at radius 1 is 1.23 bits per heavy atom. The highest BCUT2D eigenvalue weighted by atomic mass is 16.5. The van der Waals surface area contributed by atoms with Gasteiger partial charge in [0.2, 0.25) is 0 Å². The zero-order chi connectivity index (χ0) is 18.5. The van der Waals surface area contributed by atoms with Crippen molar-refractivity contribution in [3.8, 4) is 11.5 Å². The van der Waals surface area contributed by atoms with Gasteiger partial charge < -0.3 is 25.6 Å². The standard InChI is InChI=1S/C20H25N3O3/c1-2-25-19-12-15(26-18-5-3-4-17(18)24)10-11-16(19)23-14-8-6-13(7-9-14)20(21)22/h6-12,17-18,23-24H,2-5H2,1H3,(H3,21,22). The van der Waals surface area contributed by atoms with Crippen LogP contribution in [0.25, 0.3) is 0 Å². The second-order valence-electron chi connectivity index (χ2n) is 6.36. The van der Waals surface area contributed by atoms with Gasteiger partial charge in [-0.15, -0.1) is 0 Å². The molecule has 0 saturated heterocycles. The van der Waals surface area contributed by atoms with Gasteiger partial charge in [0.1, 0.15) is 23.4 Å². The van der Waals surface area contributed by atoms with Gasteiger partial charge in [-0.3, -0.25) is 5.41 Å². The third-order valence-corrected chi connectivity index (χ3v) is 4.43. The first-order valence-electron chi connectivity index (χ1n) is 8.90. The first-order valence-corrected chi connectivity index (χ1v) is 8.90. The van der Waals surface area contributed by atoms with Crippen molar-refractivity contribution in [1.29, 1.82) is 5.41 Å². The van der Waals surface area contributed by atoms with Gasteiger partial charge in [-0.1, -0.05) is 0 Å². The Morgan fingerprint density at radius 3 is 2.62 bits per heavy atom. The van der Waals surface area contributed by atoms with Gasteiger partial charge >= 0.3 is 0 Å². The van der Waals surface area contributed by atoms with E-state index in [4.69, 9.17) is 20.6 Å². The minimum absolute atomic E-state index is 0.0437. The Morgan fingerprint density at radius 2 is 2.00 bits per heavy atom. The SMILES string of the molecule is CCOc1cc(OC2CCCC2O)ccc1Nc1ccc(C(=N)N)cc1. The van der Waals surface area contributed by atoms with Crippen molar-refractivity contribution >= 4 is 17.2 Å². The van der Waals surface area contributed by atoms with Crippen LogP contribution in [0.3, 0.4) is 0 Å². The van der Waals surface area contributed by atoms with E-state index in [9.17, 15) is 5.11 Å². The van der Waals surface area contributed by atoms with Gasteiger partial charge in [0.05, 0.1) is 18.4 Å². The highest BCUT2D eigenvalue weighted by Gasteiger charge is 2.27. The average Bonchev–Trinajstić information content (AvgIpc) is 3.03. The summed E-state index contributed by atoms with van der Waals surface area (Å²) in [4.78, 5) is 0. The van der Waals surface area contributed by atoms with E-state index in [1.165, 1.54) is 0 Å². The summed E-state index contributed by atoms with van der Waals surface area (Å²) in [6.45, 7) is 2.47. The largest absolute Gasteiger partial charge is 0.492 e. The highest BCUT2D eigenvalue weighted by Crippen LogP contribution is 2.34. The van der Waals surface area contributed by atoms with Crippen LogP contribution in [0.5, 0.6) is 11.5 Å². The minimum Gasteiger partial charge on any atom is -0.492 e. The maximum absolute atomic E-state index is 9.94. The molecule has 6 nitrogen and oxygen atoms in total. The Hall–Kier alpha value is -2.73. The van der Waals surface area contributed by atoms with E-state index in [0.717, 1.165) is 30.6 Å². The normalized spacial score (nSPS) is 19.2. The van der Waals surface area contributed by atoms with Crippen LogP contribution >= 0.6 is 0 Å². The van der Waals surface area contributed by atoms with Gasteiger partial charge in [0.25, 0.3) is 0 Å². The number of hydrogen-bond donors (Lipinski definition) is 4.